The lowest BCUT2D eigenvalue weighted by molar-refractivity contribution is 1.33. The first-order chi connectivity index (χ1) is 11.8. The number of benzene rings is 3. The number of halogens is 1. The summed E-state index contributed by atoms with van der Waals surface area (Å²) in [5.41, 5.74) is 4.96. The quantitative estimate of drug-likeness (QED) is 0.485. The van der Waals surface area contributed by atoms with Crippen LogP contribution in [0.4, 0.5) is 5.69 Å². The standard InChI is InChI=1S/C20H14ClN3/c21-16-9-5-14(6-10-16)13-22-17-11-7-15(8-12-17)20-23-18-3-1-2-4-19(18)24-20/h1-13H,(H,23,24). The highest BCUT2D eigenvalue weighted by Gasteiger charge is 2.04. The van der Waals surface area contributed by atoms with Crippen molar-refractivity contribution >= 4 is 34.5 Å². The molecule has 4 aromatic rings. The first-order valence-corrected chi connectivity index (χ1v) is 8.00. The Morgan fingerprint density at radius 3 is 2.38 bits per heavy atom. The minimum absolute atomic E-state index is 0.724. The van der Waals surface area contributed by atoms with Crippen LogP contribution in [0, 0.1) is 0 Å². The van der Waals surface area contributed by atoms with Crippen molar-refractivity contribution in [3.8, 4) is 11.4 Å². The number of nitrogens with zero attached hydrogens (tertiary/aromatic N) is 2. The Morgan fingerprint density at radius 2 is 1.62 bits per heavy atom. The third kappa shape index (κ3) is 3.07. The van der Waals surface area contributed by atoms with Gasteiger partial charge in [-0.3, -0.25) is 4.99 Å². The topological polar surface area (TPSA) is 41.0 Å². The molecule has 0 unspecified atom stereocenters. The van der Waals surface area contributed by atoms with Gasteiger partial charge in [0.25, 0.3) is 0 Å². The Bertz CT molecular complexity index is 966. The summed E-state index contributed by atoms with van der Waals surface area (Å²) < 4.78 is 0. The van der Waals surface area contributed by atoms with E-state index in [0.717, 1.165) is 38.7 Å². The van der Waals surface area contributed by atoms with Crippen LogP contribution < -0.4 is 0 Å². The minimum Gasteiger partial charge on any atom is -0.338 e. The maximum absolute atomic E-state index is 5.88. The molecule has 116 valence electrons. The molecule has 0 saturated heterocycles. The van der Waals surface area contributed by atoms with Gasteiger partial charge in [0.1, 0.15) is 5.82 Å². The Kier molecular flexibility index (Phi) is 3.85. The van der Waals surface area contributed by atoms with E-state index in [1.54, 1.807) is 0 Å². The van der Waals surface area contributed by atoms with Crippen LogP contribution in [0.3, 0.4) is 0 Å². The van der Waals surface area contributed by atoms with Gasteiger partial charge in [0.2, 0.25) is 0 Å². The Balaban J connectivity index is 1.57. The first-order valence-electron chi connectivity index (χ1n) is 7.63. The summed E-state index contributed by atoms with van der Waals surface area (Å²) in [4.78, 5) is 12.4. The van der Waals surface area contributed by atoms with Crippen molar-refractivity contribution in [1.29, 1.82) is 0 Å². The average molecular weight is 332 g/mol. The predicted molar refractivity (Wildman–Crippen MR) is 100 cm³/mol. The van der Waals surface area contributed by atoms with Crippen LogP contribution in [0.15, 0.2) is 77.8 Å². The SMILES string of the molecule is Clc1ccc(C=Nc2ccc(-c3nc4ccccc4[nH]3)cc2)cc1. The number of nitrogens with one attached hydrogen (secondary N) is 1. The molecule has 0 amide bonds. The number of imidazole rings is 1. The van der Waals surface area contributed by atoms with Crippen LogP contribution in [0.25, 0.3) is 22.4 Å². The van der Waals surface area contributed by atoms with E-state index in [1.165, 1.54) is 0 Å². The summed E-state index contributed by atoms with van der Waals surface area (Å²) in [5.74, 6) is 0.865. The van der Waals surface area contributed by atoms with E-state index in [2.05, 4.69) is 15.0 Å². The number of para-hydroxylation sites is 2. The van der Waals surface area contributed by atoms with Crippen molar-refractivity contribution in [2.45, 2.75) is 0 Å². The highest BCUT2D eigenvalue weighted by Crippen LogP contribution is 2.23. The lowest BCUT2D eigenvalue weighted by Gasteiger charge is -1.98. The fourth-order valence-electron chi connectivity index (χ4n) is 2.49. The summed E-state index contributed by atoms with van der Waals surface area (Å²) in [6, 6.07) is 23.6. The van der Waals surface area contributed by atoms with Crippen molar-refractivity contribution in [2.24, 2.45) is 4.99 Å². The van der Waals surface area contributed by atoms with Gasteiger partial charge in [0, 0.05) is 16.8 Å². The van der Waals surface area contributed by atoms with Crippen molar-refractivity contribution in [3.63, 3.8) is 0 Å². The van der Waals surface area contributed by atoms with Gasteiger partial charge in [-0.25, -0.2) is 4.98 Å². The highest BCUT2D eigenvalue weighted by atomic mass is 35.5. The smallest absolute Gasteiger partial charge is 0.138 e. The average Bonchev–Trinajstić information content (AvgIpc) is 3.06. The number of aromatic amines is 1. The fraction of sp³-hybridized carbons (Fsp3) is 0. The van der Waals surface area contributed by atoms with Crippen molar-refractivity contribution < 1.29 is 0 Å². The van der Waals surface area contributed by atoms with Crippen LogP contribution in [-0.4, -0.2) is 16.2 Å². The molecule has 24 heavy (non-hydrogen) atoms. The zero-order valence-corrected chi connectivity index (χ0v) is 13.5. The molecule has 0 saturated carbocycles. The number of rotatable bonds is 3. The van der Waals surface area contributed by atoms with Crippen LogP contribution in [0.5, 0.6) is 0 Å². The van der Waals surface area contributed by atoms with E-state index in [-0.39, 0.29) is 0 Å². The minimum atomic E-state index is 0.724. The fourth-order valence-corrected chi connectivity index (χ4v) is 2.62. The van der Waals surface area contributed by atoms with Gasteiger partial charge in [-0.1, -0.05) is 35.9 Å². The third-order valence-corrected chi connectivity index (χ3v) is 4.01. The van der Waals surface area contributed by atoms with Crippen LogP contribution in [0.2, 0.25) is 5.02 Å². The summed E-state index contributed by atoms with van der Waals surface area (Å²) in [7, 11) is 0. The lowest BCUT2D eigenvalue weighted by atomic mass is 10.2. The van der Waals surface area contributed by atoms with E-state index in [4.69, 9.17) is 11.6 Å². The Labute approximate surface area is 144 Å². The highest BCUT2D eigenvalue weighted by molar-refractivity contribution is 6.30. The number of aromatic nitrogens is 2. The number of hydrogen-bond acceptors (Lipinski definition) is 2. The van der Waals surface area contributed by atoms with Gasteiger partial charge in [0.05, 0.1) is 16.7 Å². The second-order valence-corrected chi connectivity index (χ2v) is 5.90. The summed E-state index contributed by atoms with van der Waals surface area (Å²) in [5, 5.41) is 0.724. The summed E-state index contributed by atoms with van der Waals surface area (Å²) >= 11 is 5.88. The molecule has 1 aromatic heterocycles. The van der Waals surface area contributed by atoms with Gasteiger partial charge in [-0.2, -0.15) is 0 Å². The second-order valence-electron chi connectivity index (χ2n) is 5.46. The van der Waals surface area contributed by atoms with Crippen LogP contribution >= 0.6 is 11.6 Å². The number of fused-ring (bicyclic) bond motifs is 1. The molecule has 1 heterocycles. The van der Waals surface area contributed by atoms with Crippen molar-refractivity contribution in [1.82, 2.24) is 9.97 Å². The molecular formula is C20H14ClN3. The van der Waals surface area contributed by atoms with Gasteiger partial charge < -0.3 is 4.98 Å². The molecule has 0 aliphatic rings. The largest absolute Gasteiger partial charge is 0.338 e. The molecule has 0 bridgehead atoms. The van der Waals surface area contributed by atoms with Crippen molar-refractivity contribution in [2.75, 3.05) is 0 Å². The van der Waals surface area contributed by atoms with Gasteiger partial charge >= 0.3 is 0 Å². The Hall–Kier alpha value is -2.91. The third-order valence-electron chi connectivity index (χ3n) is 3.76. The van der Waals surface area contributed by atoms with E-state index in [9.17, 15) is 0 Å². The molecule has 3 aromatic carbocycles. The molecule has 3 nitrogen and oxygen atoms in total. The number of aliphatic imine (C=N–C) groups is 1. The number of H-pyrrole nitrogens is 1. The molecule has 0 radical (unpaired) electrons. The molecule has 4 heteroatoms. The van der Waals surface area contributed by atoms with Gasteiger partial charge in [0.15, 0.2) is 0 Å². The molecule has 0 atom stereocenters. The van der Waals surface area contributed by atoms with E-state index < -0.39 is 0 Å². The molecule has 0 aliphatic heterocycles. The van der Waals surface area contributed by atoms with E-state index >= 15 is 0 Å². The molecule has 0 fully saturated rings. The second kappa shape index (κ2) is 6.30. The Morgan fingerprint density at radius 1 is 0.875 bits per heavy atom. The normalized spacial score (nSPS) is 11.4. The number of hydrogen-bond donors (Lipinski definition) is 1. The zero-order chi connectivity index (χ0) is 16.4. The van der Waals surface area contributed by atoms with Crippen molar-refractivity contribution in [3.05, 3.63) is 83.4 Å². The first kappa shape index (κ1) is 14.7. The maximum atomic E-state index is 5.88. The molecule has 4 rings (SSSR count). The van der Waals surface area contributed by atoms with E-state index in [0.29, 0.717) is 0 Å². The van der Waals surface area contributed by atoms with E-state index in [1.807, 2.05) is 79.0 Å². The molecule has 0 aliphatic carbocycles. The molecule has 1 N–H and O–H groups in total. The monoisotopic (exact) mass is 331 g/mol. The maximum Gasteiger partial charge on any atom is 0.138 e. The summed E-state index contributed by atoms with van der Waals surface area (Å²) in [6.45, 7) is 0. The lowest BCUT2D eigenvalue weighted by Crippen LogP contribution is -1.81. The molecule has 0 spiro atoms. The molecular weight excluding hydrogens is 318 g/mol. The van der Waals surface area contributed by atoms with Crippen LogP contribution in [-0.2, 0) is 0 Å². The van der Waals surface area contributed by atoms with Gasteiger partial charge in [-0.05, 0) is 54.1 Å². The van der Waals surface area contributed by atoms with Crippen LogP contribution in [0.1, 0.15) is 5.56 Å². The zero-order valence-electron chi connectivity index (χ0n) is 12.8. The van der Waals surface area contributed by atoms with Gasteiger partial charge in [-0.15, -0.1) is 0 Å². The summed E-state index contributed by atoms with van der Waals surface area (Å²) in [6.07, 6.45) is 1.83. The predicted octanol–water partition coefficient (Wildman–Crippen LogP) is 5.63.